The maximum Gasteiger partial charge on any atom is 0.268 e. The first kappa shape index (κ1) is 20.1. The Kier molecular flexibility index (Phi) is 4.84. The summed E-state index contributed by atoms with van der Waals surface area (Å²) in [5, 5.41) is 21.9. The fraction of sp³-hybridized carbons (Fsp3) is 0.182. The Balaban J connectivity index is 1.50. The zero-order valence-electron chi connectivity index (χ0n) is 17.1. The molecule has 0 N–H and O–H groups in total. The third kappa shape index (κ3) is 3.37. The van der Waals surface area contributed by atoms with E-state index in [1.165, 1.54) is 16.4 Å². The molecule has 1 aliphatic rings. The van der Waals surface area contributed by atoms with E-state index in [4.69, 9.17) is 9.68 Å². The highest BCUT2D eigenvalue weighted by Gasteiger charge is 2.33. The molecule has 0 spiro atoms. The summed E-state index contributed by atoms with van der Waals surface area (Å²) >= 11 is 0. The molecule has 0 bridgehead atoms. The van der Waals surface area contributed by atoms with Crippen LogP contribution in [-0.4, -0.2) is 39.2 Å². The van der Waals surface area contributed by atoms with Gasteiger partial charge in [-0.25, -0.2) is 8.42 Å². The minimum absolute atomic E-state index is 0.0922. The minimum Gasteiger partial charge on any atom is -0.415 e. The van der Waals surface area contributed by atoms with Crippen molar-refractivity contribution in [3.63, 3.8) is 0 Å². The number of sulfonamides is 1. The molecular formula is C22H18N6O3S. The van der Waals surface area contributed by atoms with Gasteiger partial charge in [-0.15, -0.1) is 10.2 Å². The largest absolute Gasteiger partial charge is 0.415 e. The summed E-state index contributed by atoms with van der Waals surface area (Å²) in [6.45, 7) is 0.435. The second kappa shape index (κ2) is 7.71. The summed E-state index contributed by atoms with van der Waals surface area (Å²) in [4.78, 5) is 0.0922. The summed E-state index contributed by atoms with van der Waals surface area (Å²) in [5.41, 5.74) is 3.23. The van der Waals surface area contributed by atoms with Crippen molar-refractivity contribution in [1.29, 1.82) is 5.26 Å². The second-order valence-corrected chi connectivity index (χ2v) is 9.34. The van der Waals surface area contributed by atoms with Gasteiger partial charge in [0.05, 0.1) is 16.5 Å². The van der Waals surface area contributed by atoms with Crippen LogP contribution in [0.25, 0.3) is 23.0 Å². The fourth-order valence-corrected chi connectivity index (χ4v) is 5.29. The van der Waals surface area contributed by atoms with E-state index in [0.29, 0.717) is 30.1 Å². The highest BCUT2D eigenvalue weighted by Crippen LogP contribution is 2.32. The van der Waals surface area contributed by atoms with Crippen molar-refractivity contribution < 1.29 is 12.8 Å². The third-order valence-electron chi connectivity index (χ3n) is 5.46. The van der Waals surface area contributed by atoms with Gasteiger partial charge < -0.3 is 4.42 Å². The number of nitriles is 1. The zero-order chi connectivity index (χ0) is 22.3. The molecule has 3 heterocycles. The average Bonchev–Trinajstić information content (AvgIpc) is 3.44. The van der Waals surface area contributed by atoms with E-state index < -0.39 is 10.0 Å². The number of aryl methyl sites for hydroxylation is 1. The van der Waals surface area contributed by atoms with Crippen LogP contribution in [0.1, 0.15) is 16.8 Å². The van der Waals surface area contributed by atoms with Crippen molar-refractivity contribution in [3.8, 4) is 29.1 Å². The Hall–Kier alpha value is -3.81. The van der Waals surface area contributed by atoms with E-state index in [-0.39, 0.29) is 17.3 Å². The van der Waals surface area contributed by atoms with Crippen molar-refractivity contribution in [3.05, 3.63) is 71.4 Å². The van der Waals surface area contributed by atoms with Gasteiger partial charge in [0.15, 0.2) is 5.69 Å². The third-order valence-corrected chi connectivity index (χ3v) is 7.30. The van der Waals surface area contributed by atoms with Crippen molar-refractivity contribution >= 4 is 10.0 Å². The van der Waals surface area contributed by atoms with E-state index in [2.05, 4.69) is 15.3 Å². The SMILES string of the molecule is Cn1nc(-c2nnc(-c3ccccc3)o2)c2c1CCN(S(=O)(=O)c1cccc(C#N)c1)C2. The second-order valence-electron chi connectivity index (χ2n) is 7.40. The van der Waals surface area contributed by atoms with E-state index in [1.807, 2.05) is 43.4 Å². The number of aromatic nitrogens is 4. The van der Waals surface area contributed by atoms with Gasteiger partial charge in [-0.05, 0) is 30.3 Å². The summed E-state index contributed by atoms with van der Waals surface area (Å²) in [7, 11) is -1.97. The monoisotopic (exact) mass is 446 g/mol. The van der Waals surface area contributed by atoms with E-state index in [0.717, 1.165) is 16.8 Å². The molecule has 0 radical (unpaired) electrons. The van der Waals surface area contributed by atoms with Crippen LogP contribution < -0.4 is 0 Å². The quantitative estimate of drug-likeness (QED) is 0.473. The molecule has 9 nitrogen and oxygen atoms in total. The first-order valence-corrected chi connectivity index (χ1v) is 11.4. The standard InChI is InChI=1S/C22H18N6O3S/c1-27-19-10-11-28(32(29,30)17-9-5-6-15(12-17)13-23)14-18(19)20(26-27)22-25-24-21(31-22)16-7-3-2-4-8-16/h2-9,12H,10-11,14H2,1H3. The van der Waals surface area contributed by atoms with Crippen molar-refractivity contribution in [1.82, 2.24) is 24.3 Å². The van der Waals surface area contributed by atoms with Gasteiger partial charge in [0.25, 0.3) is 5.89 Å². The highest BCUT2D eigenvalue weighted by molar-refractivity contribution is 7.89. The number of hydrogen-bond acceptors (Lipinski definition) is 7. The van der Waals surface area contributed by atoms with Crippen molar-refractivity contribution in [2.75, 3.05) is 6.54 Å². The summed E-state index contributed by atoms with van der Waals surface area (Å²) in [6, 6.07) is 17.4. The van der Waals surface area contributed by atoms with E-state index in [9.17, 15) is 8.42 Å². The van der Waals surface area contributed by atoms with Gasteiger partial charge in [-0.2, -0.15) is 14.7 Å². The first-order valence-electron chi connectivity index (χ1n) is 9.92. The normalized spacial score (nSPS) is 14.1. The molecule has 2 aromatic heterocycles. The minimum atomic E-state index is -3.79. The number of hydrogen-bond donors (Lipinski definition) is 0. The Morgan fingerprint density at radius 3 is 2.62 bits per heavy atom. The van der Waals surface area contributed by atoms with Crippen LogP contribution in [0.2, 0.25) is 0 Å². The summed E-state index contributed by atoms with van der Waals surface area (Å²) in [5.74, 6) is 0.611. The van der Waals surface area contributed by atoms with Crippen LogP contribution in [0.3, 0.4) is 0 Å². The lowest BCUT2D eigenvalue weighted by Gasteiger charge is -2.26. The van der Waals surface area contributed by atoms with Gasteiger partial charge in [-0.3, -0.25) is 4.68 Å². The highest BCUT2D eigenvalue weighted by atomic mass is 32.2. The lowest BCUT2D eigenvalue weighted by atomic mass is 10.1. The van der Waals surface area contributed by atoms with E-state index >= 15 is 0 Å². The van der Waals surface area contributed by atoms with E-state index in [1.54, 1.807) is 16.8 Å². The smallest absolute Gasteiger partial charge is 0.268 e. The number of rotatable bonds is 4. The zero-order valence-corrected chi connectivity index (χ0v) is 18.0. The van der Waals surface area contributed by atoms with Crippen LogP contribution >= 0.6 is 0 Å². The molecule has 0 amide bonds. The molecule has 160 valence electrons. The molecule has 0 fully saturated rings. The Labute approximate surface area is 184 Å². The number of benzene rings is 2. The predicted octanol–water partition coefficient (Wildman–Crippen LogP) is 2.76. The van der Waals surface area contributed by atoms with Crippen molar-refractivity contribution in [2.45, 2.75) is 17.9 Å². The fourth-order valence-electron chi connectivity index (χ4n) is 3.84. The first-order chi connectivity index (χ1) is 15.5. The molecule has 0 saturated heterocycles. The van der Waals surface area contributed by atoms with Crippen molar-refractivity contribution in [2.24, 2.45) is 7.05 Å². The van der Waals surface area contributed by atoms with Crippen LogP contribution in [0, 0.1) is 11.3 Å². The van der Waals surface area contributed by atoms with Gasteiger partial charge in [0, 0.05) is 43.4 Å². The predicted molar refractivity (Wildman–Crippen MR) is 114 cm³/mol. The molecule has 0 atom stereocenters. The van der Waals surface area contributed by atoms with Crippen LogP contribution in [0.15, 0.2) is 63.9 Å². The molecule has 10 heteroatoms. The molecule has 5 rings (SSSR count). The molecule has 2 aromatic carbocycles. The maximum absolute atomic E-state index is 13.2. The average molecular weight is 446 g/mol. The molecule has 0 saturated carbocycles. The maximum atomic E-state index is 13.2. The van der Waals surface area contributed by atoms with Gasteiger partial charge >= 0.3 is 0 Å². The van der Waals surface area contributed by atoms with Crippen LogP contribution in [0.4, 0.5) is 0 Å². The topological polar surface area (TPSA) is 118 Å². The lowest BCUT2D eigenvalue weighted by molar-refractivity contribution is 0.386. The number of fused-ring (bicyclic) bond motifs is 1. The lowest BCUT2D eigenvalue weighted by Crippen LogP contribution is -2.36. The Bertz CT molecular complexity index is 1450. The van der Waals surface area contributed by atoms with Crippen LogP contribution in [0.5, 0.6) is 0 Å². The van der Waals surface area contributed by atoms with Gasteiger partial charge in [-0.1, -0.05) is 24.3 Å². The summed E-state index contributed by atoms with van der Waals surface area (Å²) < 4.78 is 35.5. The molecule has 4 aromatic rings. The Morgan fingerprint density at radius 2 is 1.84 bits per heavy atom. The summed E-state index contributed by atoms with van der Waals surface area (Å²) in [6.07, 6.45) is 0.496. The van der Waals surface area contributed by atoms with Crippen LogP contribution in [-0.2, 0) is 30.0 Å². The molecule has 0 aliphatic carbocycles. The van der Waals surface area contributed by atoms with Gasteiger partial charge in [0.2, 0.25) is 15.9 Å². The Morgan fingerprint density at radius 1 is 1.06 bits per heavy atom. The number of nitrogens with zero attached hydrogens (tertiary/aromatic N) is 6. The molecular weight excluding hydrogens is 428 g/mol. The molecule has 32 heavy (non-hydrogen) atoms. The van der Waals surface area contributed by atoms with Gasteiger partial charge in [0.1, 0.15) is 0 Å². The molecule has 0 unspecified atom stereocenters. The molecule has 1 aliphatic heterocycles.